The molecule has 0 saturated carbocycles. The lowest BCUT2D eigenvalue weighted by Gasteiger charge is -2.49. The van der Waals surface area contributed by atoms with Gasteiger partial charge in [-0.25, -0.2) is 19.4 Å². The van der Waals surface area contributed by atoms with Crippen LogP contribution in [0.1, 0.15) is 86.2 Å². The van der Waals surface area contributed by atoms with Crippen molar-refractivity contribution in [2.24, 2.45) is 5.16 Å². The van der Waals surface area contributed by atoms with Crippen LogP contribution in [-0.2, 0) is 62.0 Å². The molecule has 10 aromatic rings. The number of benzene rings is 8. The predicted molar refractivity (Wildman–Crippen MR) is 390 cm³/mol. The summed E-state index contributed by atoms with van der Waals surface area (Å²) in [4.78, 5) is 99.1. The van der Waals surface area contributed by atoms with E-state index in [0.29, 0.717) is 42.0 Å². The Hall–Kier alpha value is -10.7. The number of ether oxygens (including phenoxy) is 6. The third-order valence-corrected chi connectivity index (χ3v) is 21.0. The van der Waals surface area contributed by atoms with Crippen molar-refractivity contribution in [3.63, 3.8) is 0 Å². The lowest BCUT2D eigenvalue weighted by Crippen LogP contribution is -2.74. The van der Waals surface area contributed by atoms with Gasteiger partial charge in [0.25, 0.3) is 11.8 Å². The van der Waals surface area contributed by atoms with E-state index in [-0.39, 0.29) is 57.7 Å². The fourth-order valence-corrected chi connectivity index (χ4v) is 16.5. The van der Waals surface area contributed by atoms with E-state index in [1.54, 1.807) is 71.2 Å². The van der Waals surface area contributed by atoms with Gasteiger partial charge in [-0.1, -0.05) is 199 Å². The molecule has 2 N–H and O–H groups in total. The van der Waals surface area contributed by atoms with E-state index in [1.165, 1.54) is 36.6 Å². The molecule has 0 bridgehead atoms. The number of rotatable bonds is 22. The zero-order valence-corrected chi connectivity index (χ0v) is 59.2. The Morgan fingerprint density at radius 1 is 0.644 bits per heavy atom. The van der Waals surface area contributed by atoms with Crippen molar-refractivity contribution in [2.75, 3.05) is 23.9 Å². The highest BCUT2D eigenvalue weighted by atomic mass is 32.2. The van der Waals surface area contributed by atoms with E-state index in [4.69, 9.17) is 43.4 Å². The number of hydrogen-bond acceptors (Lipinski definition) is 20. The summed E-state index contributed by atoms with van der Waals surface area (Å²) in [7, 11) is -0.477. The van der Waals surface area contributed by atoms with Crippen molar-refractivity contribution in [1.82, 2.24) is 15.2 Å². The number of nitrogens with zero attached hydrogens (tertiary/aromatic N) is 3. The maximum absolute atomic E-state index is 15.7. The van der Waals surface area contributed by atoms with Crippen LogP contribution in [0.2, 0.25) is 0 Å². The first-order valence-electron chi connectivity index (χ1n) is 32.0. The number of anilines is 1. The van der Waals surface area contributed by atoms with Gasteiger partial charge in [0.15, 0.2) is 27.8 Å². The molecule has 8 aromatic carbocycles. The molecule has 1 fully saturated rings. The summed E-state index contributed by atoms with van der Waals surface area (Å²) in [5, 5.41) is 12.4. The third kappa shape index (κ3) is 15.5. The van der Waals surface area contributed by atoms with Gasteiger partial charge in [0.2, 0.25) is 5.60 Å². The van der Waals surface area contributed by atoms with Crippen LogP contribution in [0, 0.1) is 0 Å². The van der Waals surface area contributed by atoms with Gasteiger partial charge in [0.05, 0.1) is 27.9 Å². The number of esters is 1. The van der Waals surface area contributed by atoms with Crippen LogP contribution in [-0.4, -0.2) is 91.1 Å². The van der Waals surface area contributed by atoms with Gasteiger partial charge >= 0.3 is 18.3 Å². The molecule has 0 radical (unpaired) electrons. The normalized spacial score (nSPS) is 15.5. The number of thiazole rings is 1. The molecule has 0 spiro atoms. The number of β-lactam (4-membered cyclic amide) rings is 1. The molecule has 2 aliphatic rings. The second kappa shape index (κ2) is 30.0. The molecular weight excluding hydrogens is 1360 g/mol. The summed E-state index contributed by atoms with van der Waals surface area (Å²) in [6.07, 6.45) is -2.23. The highest BCUT2D eigenvalue weighted by molar-refractivity contribution is 8.01. The number of oxime groups is 1. The smallest absolute Gasteiger partial charge is 0.497 e. The maximum Gasteiger partial charge on any atom is 0.514 e. The van der Waals surface area contributed by atoms with Gasteiger partial charge in [0, 0.05) is 50.0 Å². The highest BCUT2D eigenvalue weighted by Gasteiger charge is 2.58. The molecule has 2 aromatic heterocycles. The zero-order valence-electron chi connectivity index (χ0n) is 55.9. The van der Waals surface area contributed by atoms with Gasteiger partial charge < -0.3 is 43.9 Å². The van der Waals surface area contributed by atoms with Crippen LogP contribution in [0.25, 0.3) is 10.1 Å². The van der Waals surface area contributed by atoms with Gasteiger partial charge in [-0.05, 0) is 87.6 Å². The van der Waals surface area contributed by atoms with Crippen LogP contribution < -0.4 is 30.3 Å². The van der Waals surface area contributed by atoms with E-state index in [9.17, 15) is 19.2 Å². The topological polar surface area (TPSA) is 237 Å². The summed E-state index contributed by atoms with van der Waals surface area (Å²) in [6, 6.07) is 67.5. The molecule has 3 atom stereocenters. The van der Waals surface area contributed by atoms with Crippen LogP contribution in [0.15, 0.2) is 255 Å². The molecule has 12 rings (SSSR count). The molecule has 0 aliphatic carbocycles. The average Bonchev–Trinajstić information content (AvgIpc) is 0.842. The summed E-state index contributed by atoms with van der Waals surface area (Å²) in [5.74, 6) is -2.94. The summed E-state index contributed by atoms with van der Waals surface area (Å²) in [5.41, 5.74) is 0.115. The van der Waals surface area contributed by atoms with Crippen LogP contribution in [0.4, 0.5) is 14.7 Å². The van der Waals surface area contributed by atoms with E-state index >= 15 is 13.8 Å². The summed E-state index contributed by atoms with van der Waals surface area (Å²) in [6.45, 7) is 9.62. The van der Waals surface area contributed by atoms with Gasteiger partial charge in [-0.2, -0.15) is 0 Å². The van der Waals surface area contributed by atoms with E-state index in [0.717, 1.165) is 44.7 Å². The average molecular weight is 1430 g/mol. The van der Waals surface area contributed by atoms with E-state index in [2.05, 4.69) is 10.6 Å². The lowest BCUT2D eigenvalue weighted by atomic mass is 9.77. The van der Waals surface area contributed by atoms with Crippen molar-refractivity contribution in [2.45, 2.75) is 86.1 Å². The third-order valence-electron chi connectivity index (χ3n) is 16.2. The number of hydrogen-bond donors (Lipinski definition) is 2. The fraction of sp³-hybridized carbons (Fsp3) is 0.205. The molecule has 2 unspecified atom stereocenters. The van der Waals surface area contributed by atoms with Crippen molar-refractivity contribution in [3.05, 3.63) is 296 Å². The van der Waals surface area contributed by atoms with Crippen molar-refractivity contribution in [1.29, 1.82) is 0 Å². The molecule has 1 saturated heterocycles. The molecule has 23 heteroatoms. The Morgan fingerprint density at radius 3 is 1.61 bits per heavy atom. The first-order chi connectivity index (χ1) is 48.6. The minimum atomic E-state index is -2.00. The van der Waals surface area contributed by atoms with E-state index < -0.39 is 80.1 Å². The van der Waals surface area contributed by atoms with Crippen LogP contribution >= 0.6 is 34.4 Å². The Morgan fingerprint density at radius 2 is 1.13 bits per heavy atom. The SMILES string of the molecule is COc1ccc(COC(=O)C2=C(CSc3cc(=O)c4cc(OC(=O)OC(C)(C)C)c(OC(=O)OC(C)(C)C)cc4s3)CS(=O)[C@@H]3C(NC(=O)/C(=N\OC(c4ccccc4)(c4ccccc4)c4ccccc4)c4csc(NC(c5ccccc5)(c5ccccc5)c5ccccc5)n4)C(=O)N23)cc1. The molecule has 101 heavy (non-hydrogen) atoms. The molecule has 19 nitrogen and oxygen atoms in total. The quantitative estimate of drug-likeness (QED) is 0.00937. The monoisotopic (exact) mass is 1430 g/mol. The summed E-state index contributed by atoms with van der Waals surface area (Å²) < 4.78 is 48.9. The zero-order chi connectivity index (χ0) is 71.1. The number of thioether (sulfide) groups is 1. The second-order valence-corrected chi connectivity index (χ2v) is 30.2. The maximum atomic E-state index is 15.7. The number of carbonyl (C=O) groups excluding carboxylic acids is 5. The Balaban J connectivity index is 0.911. The minimum Gasteiger partial charge on any atom is -0.497 e. The number of fused-ring (bicyclic) bond motifs is 2. The number of amides is 2. The van der Waals surface area contributed by atoms with Gasteiger partial charge in [-0.15, -0.1) is 34.4 Å². The van der Waals surface area contributed by atoms with Crippen LogP contribution in [0.3, 0.4) is 0 Å². The molecular formula is C78H69N5O14S4. The van der Waals surface area contributed by atoms with Crippen LogP contribution in [0.5, 0.6) is 17.2 Å². The highest BCUT2D eigenvalue weighted by Crippen LogP contribution is 2.45. The second-order valence-electron chi connectivity index (χ2n) is 25.4. The first-order valence-corrected chi connectivity index (χ1v) is 36.1. The van der Waals surface area contributed by atoms with Gasteiger partial charge in [-0.3, -0.25) is 23.5 Å². The molecule has 2 amide bonds. The Labute approximate surface area is 597 Å². The van der Waals surface area contributed by atoms with E-state index in [1.807, 2.05) is 182 Å². The molecule has 4 heterocycles. The molecule has 514 valence electrons. The fourth-order valence-electron chi connectivity index (χ4n) is 11.7. The summed E-state index contributed by atoms with van der Waals surface area (Å²) >= 11 is 3.43. The Kier molecular flexibility index (Phi) is 20.8. The number of carbonyl (C=O) groups is 5. The number of nitrogens with one attached hydrogen (secondary N) is 2. The largest absolute Gasteiger partial charge is 0.514 e. The standard InChI is InChI=1S/C78H69N5O14S4/c1-75(2,3)95-73(88)93-61-42-58-60(84)43-64(100-63(58)44-62(61)94-74(89)96-76(4,5)6)98-46-50-48-101(90)70-66(69(86)83(70)67(50)71(87)92-45-49-38-40-57(91-7)41-39-49)80-68(85)65(82-97-78(54-32-20-11-21-33-54,55-34-22-12-23-35-55)56-36-24-13-25-37-56)59-47-99-72(79-59)81-77(51-26-14-8-15-27-51,52-28-16-9-17-29-52)53-30-18-10-19-31-53/h8-44,47,66,70H,45-46,48H2,1-7H3,(H,79,81)(H,80,85)/b82-65-/t66?,70-,101?/m1/s1. The minimum absolute atomic E-state index is 0.0638. The Bertz CT molecular complexity index is 4640. The van der Waals surface area contributed by atoms with Gasteiger partial charge in [0.1, 0.15) is 51.9 Å². The lowest BCUT2D eigenvalue weighted by molar-refractivity contribution is -0.153. The molecule has 2 aliphatic heterocycles. The number of aromatic nitrogens is 1. The number of methoxy groups -OCH3 is 1. The first kappa shape index (κ1) is 70.2. The van der Waals surface area contributed by atoms with Crippen molar-refractivity contribution in [3.8, 4) is 17.2 Å². The predicted octanol–water partition coefficient (Wildman–Crippen LogP) is 14.7. The van der Waals surface area contributed by atoms with Crippen molar-refractivity contribution >= 4 is 96.3 Å². The van der Waals surface area contributed by atoms with Crippen molar-refractivity contribution < 1.29 is 61.4 Å².